The zero-order valence-corrected chi connectivity index (χ0v) is 10.7. The van der Waals surface area contributed by atoms with E-state index in [2.05, 4.69) is 0 Å². The minimum absolute atomic E-state index is 0. The van der Waals surface area contributed by atoms with E-state index in [1.807, 2.05) is 0 Å². The average Bonchev–Trinajstić information content (AvgIpc) is 1.98. The fourth-order valence-electron chi connectivity index (χ4n) is 0.962. The van der Waals surface area contributed by atoms with Gasteiger partial charge in [0, 0.05) is 0 Å². The van der Waals surface area contributed by atoms with Crippen LogP contribution in [0.2, 0.25) is 0 Å². The molecule has 5 heteroatoms. The van der Waals surface area contributed by atoms with Crippen LogP contribution in [0.1, 0.15) is 26.7 Å². The molecule has 0 aliphatic heterocycles. The summed E-state index contributed by atoms with van der Waals surface area (Å²) in [5.74, 6) is -2.86. The Kier molecular flexibility index (Phi) is 7.72. The van der Waals surface area contributed by atoms with Crippen LogP contribution in [-0.2, 0) is 29.1 Å². The van der Waals surface area contributed by atoms with Gasteiger partial charge in [-0.1, -0.05) is 13.8 Å². The van der Waals surface area contributed by atoms with Gasteiger partial charge >= 0.3 is 19.5 Å². The molecule has 0 rings (SSSR count). The largest absolute Gasteiger partial charge is 2.00 e. The number of hydrogen-bond acceptors (Lipinski definition) is 4. The van der Waals surface area contributed by atoms with Crippen LogP contribution in [0.5, 0.6) is 0 Å². The van der Waals surface area contributed by atoms with E-state index in [1.54, 1.807) is 13.8 Å². The molecule has 0 radical (unpaired) electrons. The number of carboxylic acids is 2. The second-order valence-electron chi connectivity index (χ2n) is 2.24. The monoisotopic (exact) mass is 234 g/mol. The Hall–Kier alpha value is -0.697. The summed E-state index contributed by atoms with van der Waals surface area (Å²) in [5, 5.41) is 20.8. The maximum Gasteiger partial charge on any atom is 2.00 e. The Bertz CT molecular complexity index is 208. The number of carbonyl (C=O) groups is 2. The van der Waals surface area contributed by atoms with Gasteiger partial charge < -0.3 is 19.8 Å². The molecule has 0 unspecified atom stereocenters. The third kappa shape index (κ3) is 4.18. The summed E-state index contributed by atoms with van der Waals surface area (Å²) in [7, 11) is 0. The zero-order chi connectivity index (χ0) is 9.72. The predicted molar refractivity (Wildman–Crippen MR) is 37.6 cm³/mol. The molecule has 0 bridgehead atoms. The standard InChI is InChI=1S/C8H12O4.Zn/c1-3-5(7(9)10)6(4-2)8(11)12;/h3-4H2,1-2H3,(H,9,10)(H,11,12);/q;+2/p-2/b6-5+;. The molecule has 4 nitrogen and oxygen atoms in total. The molecule has 0 aliphatic rings. The summed E-state index contributed by atoms with van der Waals surface area (Å²) in [6, 6.07) is 0. The Balaban J connectivity index is 0. The molecule has 0 fully saturated rings. The van der Waals surface area contributed by atoms with Crippen LogP contribution in [0.3, 0.4) is 0 Å². The van der Waals surface area contributed by atoms with Crippen LogP contribution >= 0.6 is 0 Å². The van der Waals surface area contributed by atoms with Gasteiger partial charge in [-0.25, -0.2) is 0 Å². The summed E-state index contributed by atoms with van der Waals surface area (Å²) in [6.45, 7) is 3.12. The summed E-state index contributed by atoms with van der Waals surface area (Å²) in [6.07, 6.45) is 0.277. The Morgan fingerprint density at radius 3 is 1.23 bits per heavy atom. The number of carbonyl (C=O) groups excluding carboxylic acids is 2. The Morgan fingerprint density at radius 1 is 0.923 bits per heavy atom. The van der Waals surface area contributed by atoms with E-state index in [0.29, 0.717) is 0 Å². The number of aliphatic carboxylic acids is 2. The van der Waals surface area contributed by atoms with Crippen molar-refractivity contribution < 1.29 is 39.3 Å². The molecule has 0 atom stereocenters. The zero-order valence-electron chi connectivity index (χ0n) is 7.75. The van der Waals surface area contributed by atoms with Gasteiger partial charge in [-0.05, 0) is 24.0 Å². The van der Waals surface area contributed by atoms with E-state index < -0.39 is 11.9 Å². The van der Waals surface area contributed by atoms with Crippen LogP contribution in [0.25, 0.3) is 0 Å². The molecule has 0 aromatic heterocycles. The van der Waals surface area contributed by atoms with Gasteiger partial charge in [-0.2, -0.15) is 0 Å². The SMILES string of the molecule is CC/C(C(=O)[O-])=C(/CC)C(=O)[O-].[Zn+2]. The van der Waals surface area contributed by atoms with Crippen molar-refractivity contribution in [1.29, 1.82) is 0 Å². The number of carboxylic acid groups (broad SMARTS) is 2. The van der Waals surface area contributed by atoms with Crippen molar-refractivity contribution in [3.8, 4) is 0 Å². The minimum Gasteiger partial charge on any atom is -0.545 e. The first kappa shape index (κ1) is 14.8. The molecule has 0 N–H and O–H groups in total. The van der Waals surface area contributed by atoms with Crippen molar-refractivity contribution in [3.05, 3.63) is 11.1 Å². The molecular formula is C8H10O4Zn. The topological polar surface area (TPSA) is 80.3 Å². The molecular weight excluding hydrogens is 225 g/mol. The molecule has 0 aromatic carbocycles. The van der Waals surface area contributed by atoms with Gasteiger partial charge in [-0.3, -0.25) is 0 Å². The fourth-order valence-corrected chi connectivity index (χ4v) is 0.962. The number of rotatable bonds is 4. The Morgan fingerprint density at radius 2 is 1.15 bits per heavy atom. The van der Waals surface area contributed by atoms with Crippen LogP contribution in [0.4, 0.5) is 0 Å². The van der Waals surface area contributed by atoms with Crippen molar-refractivity contribution in [1.82, 2.24) is 0 Å². The third-order valence-corrected chi connectivity index (χ3v) is 1.56. The van der Waals surface area contributed by atoms with Crippen LogP contribution in [-0.4, -0.2) is 11.9 Å². The maximum absolute atomic E-state index is 10.4. The van der Waals surface area contributed by atoms with Crippen molar-refractivity contribution in [2.45, 2.75) is 26.7 Å². The van der Waals surface area contributed by atoms with Gasteiger partial charge in [-0.15, -0.1) is 0 Å². The second kappa shape index (κ2) is 6.78. The van der Waals surface area contributed by atoms with Gasteiger partial charge in [0.15, 0.2) is 0 Å². The molecule has 0 aromatic rings. The smallest absolute Gasteiger partial charge is 0.545 e. The maximum atomic E-state index is 10.4. The molecule has 68 valence electrons. The van der Waals surface area contributed by atoms with Crippen molar-refractivity contribution in [2.24, 2.45) is 0 Å². The van der Waals surface area contributed by atoms with E-state index in [9.17, 15) is 19.8 Å². The average molecular weight is 236 g/mol. The number of hydrogen-bond donors (Lipinski definition) is 0. The van der Waals surface area contributed by atoms with E-state index in [4.69, 9.17) is 0 Å². The summed E-state index contributed by atoms with van der Waals surface area (Å²) in [4.78, 5) is 20.8. The minimum atomic E-state index is -1.43. The normalized spacial score (nSPS) is 11.2. The van der Waals surface area contributed by atoms with E-state index in [1.165, 1.54) is 0 Å². The van der Waals surface area contributed by atoms with Crippen molar-refractivity contribution in [3.63, 3.8) is 0 Å². The third-order valence-electron chi connectivity index (χ3n) is 1.56. The van der Waals surface area contributed by atoms with Crippen LogP contribution in [0, 0.1) is 0 Å². The van der Waals surface area contributed by atoms with E-state index in [-0.39, 0.29) is 43.5 Å². The molecule has 0 aliphatic carbocycles. The van der Waals surface area contributed by atoms with Crippen LogP contribution < -0.4 is 10.2 Å². The summed E-state index contributed by atoms with van der Waals surface area (Å²) < 4.78 is 0. The Labute approximate surface area is 89.4 Å². The van der Waals surface area contributed by atoms with Gasteiger partial charge in [0.25, 0.3) is 0 Å². The van der Waals surface area contributed by atoms with Gasteiger partial charge in [0.05, 0.1) is 11.9 Å². The molecule has 0 saturated carbocycles. The van der Waals surface area contributed by atoms with E-state index >= 15 is 0 Å². The van der Waals surface area contributed by atoms with E-state index in [0.717, 1.165) is 0 Å². The molecule has 0 amide bonds. The predicted octanol–water partition coefficient (Wildman–Crippen LogP) is -1.40. The fraction of sp³-hybridized carbons (Fsp3) is 0.500. The summed E-state index contributed by atoms with van der Waals surface area (Å²) >= 11 is 0. The quantitative estimate of drug-likeness (QED) is 0.443. The second-order valence-corrected chi connectivity index (χ2v) is 2.24. The van der Waals surface area contributed by atoms with Gasteiger partial charge in [0.1, 0.15) is 0 Å². The molecule has 0 spiro atoms. The van der Waals surface area contributed by atoms with Crippen LogP contribution in [0.15, 0.2) is 11.1 Å². The van der Waals surface area contributed by atoms with Crippen molar-refractivity contribution in [2.75, 3.05) is 0 Å². The molecule has 0 saturated heterocycles. The first-order valence-electron chi connectivity index (χ1n) is 3.69. The molecule has 13 heavy (non-hydrogen) atoms. The first-order valence-corrected chi connectivity index (χ1v) is 3.69. The molecule has 0 heterocycles. The summed E-state index contributed by atoms with van der Waals surface area (Å²) in [5.41, 5.74) is -0.366. The van der Waals surface area contributed by atoms with Crippen molar-refractivity contribution >= 4 is 11.9 Å². The first-order chi connectivity index (χ1) is 5.54. The van der Waals surface area contributed by atoms with Gasteiger partial charge in [0.2, 0.25) is 0 Å².